The number of amides is 1. The number of hydrogen-bond donors (Lipinski definition) is 1. The molecule has 7 heteroatoms. The van der Waals surface area contributed by atoms with Gasteiger partial charge in [0.2, 0.25) is 10.0 Å². The molecule has 0 atom stereocenters. The highest BCUT2D eigenvalue weighted by molar-refractivity contribution is 7.89. The summed E-state index contributed by atoms with van der Waals surface area (Å²) in [5.74, 6) is 0.674. The molecule has 2 aromatic carbocycles. The highest BCUT2D eigenvalue weighted by Gasteiger charge is 2.28. The number of pyridine rings is 1. The van der Waals surface area contributed by atoms with Crippen molar-refractivity contribution in [3.8, 4) is 0 Å². The molecule has 150 valence electrons. The summed E-state index contributed by atoms with van der Waals surface area (Å²) >= 11 is 0. The van der Waals surface area contributed by atoms with Crippen molar-refractivity contribution in [3.63, 3.8) is 0 Å². The van der Waals surface area contributed by atoms with E-state index in [0.29, 0.717) is 30.4 Å². The molecule has 0 radical (unpaired) electrons. The average Bonchev–Trinajstić information content (AvgIpc) is 2.74. The topological polar surface area (TPSA) is 79.4 Å². The van der Waals surface area contributed by atoms with E-state index >= 15 is 0 Å². The molecule has 1 N–H and O–H groups in total. The minimum absolute atomic E-state index is 0.215. The van der Waals surface area contributed by atoms with Crippen LogP contribution < -0.4 is 5.32 Å². The largest absolute Gasteiger partial charge is 0.307 e. The third-order valence-corrected chi connectivity index (χ3v) is 7.25. The van der Waals surface area contributed by atoms with Gasteiger partial charge in [-0.1, -0.05) is 25.1 Å². The van der Waals surface area contributed by atoms with Crippen LogP contribution in [0.4, 0.5) is 5.82 Å². The van der Waals surface area contributed by atoms with Gasteiger partial charge in [0.15, 0.2) is 0 Å². The number of piperidine rings is 1. The molecule has 1 saturated heterocycles. The highest BCUT2D eigenvalue weighted by atomic mass is 32.2. The van der Waals surface area contributed by atoms with Gasteiger partial charge >= 0.3 is 0 Å². The number of sulfonamides is 1. The van der Waals surface area contributed by atoms with Crippen LogP contribution in [0.5, 0.6) is 0 Å². The van der Waals surface area contributed by atoms with E-state index in [1.807, 2.05) is 30.3 Å². The van der Waals surface area contributed by atoms with Gasteiger partial charge < -0.3 is 5.32 Å². The third-order valence-electron chi connectivity index (χ3n) is 5.34. The third kappa shape index (κ3) is 4.16. The lowest BCUT2D eigenvalue weighted by Crippen LogP contribution is -2.37. The molecule has 0 saturated carbocycles. The van der Waals surface area contributed by atoms with Gasteiger partial charge in [-0.3, -0.25) is 4.79 Å². The van der Waals surface area contributed by atoms with Crippen molar-refractivity contribution in [2.45, 2.75) is 24.7 Å². The maximum absolute atomic E-state index is 12.8. The lowest BCUT2D eigenvalue weighted by molar-refractivity contribution is 0.102. The number of para-hydroxylation sites is 1. The number of aromatic nitrogens is 1. The second-order valence-electron chi connectivity index (χ2n) is 7.45. The monoisotopic (exact) mass is 409 g/mol. The van der Waals surface area contributed by atoms with Crippen molar-refractivity contribution < 1.29 is 13.2 Å². The first kappa shape index (κ1) is 19.5. The molecule has 1 aromatic heterocycles. The normalized spacial score (nSPS) is 16.0. The van der Waals surface area contributed by atoms with E-state index < -0.39 is 10.0 Å². The maximum atomic E-state index is 12.8. The SMILES string of the molecule is CC1CCN(S(=O)(=O)c2ccc(C(=O)Nc3ccc4ccccc4n3)cc2)CC1. The van der Waals surface area contributed by atoms with Gasteiger partial charge in [-0.05, 0) is 61.2 Å². The Balaban J connectivity index is 1.48. The first-order valence-corrected chi connectivity index (χ1v) is 11.1. The lowest BCUT2D eigenvalue weighted by atomic mass is 10.0. The van der Waals surface area contributed by atoms with Crippen molar-refractivity contribution in [2.24, 2.45) is 5.92 Å². The number of rotatable bonds is 4. The molecule has 4 rings (SSSR count). The van der Waals surface area contributed by atoms with E-state index in [-0.39, 0.29) is 10.8 Å². The molecular formula is C22H23N3O3S. The van der Waals surface area contributed by atoms with Crippen LogP contribution in [0.3, 0.4) is 0 Å². The summed E-state index contributed by atoms with van der Waals surface area (Å²) in [5, 5.41) is 3.76. The van der Waals surface area contributed by atoms with E-state index in [1.54, 1.807) is 6.07 Å². The number of nitrogens with one attached hydrogen (secondary N) is 1. The number of nitrogens with zero attached hydrogens (tertiary/aromatic N) is 2. The van der Waals surface area contributed by atoms with E-state index in [0.717, 1.165) is 23.7 Å². The van der Waals surface area contributed by atoms with Gasteiger partial charge in [-0.25, -0.2) is 13.4 Å². The Morgan fingerprint density at radius 1 is 1.00 bits per heavy atom. The van der Waals surface area contributed by atoms with Gasteiger partial charge in [0.05, 0.1) is 10.4 Å². The fraction of sp³-hybridized carbons (Fsp3) is 0.273. The Kier molecular flexibility index (Phi) is 5.34. The summed E-state index contributed by atoms with van der Waals surface area (Å²) in [6, 6.07) is 17.4. The quantitative estimate of drug-likeness (QED) is 0.709. The van der Waals surface area contributed by atoms with Crippen molar-refractivity contribution in [3.05, 3.63) is 66.2 Å². The molecular weight excluding hydrogens is 386 g/mol. The van der Waals surface area contributed by atoms with E-state index in [1.165, 1.54) is 28.6 Å². The minimum atomic E-state index is -3.52. The number of fused-ring (bicyclic) bond motifs is 1. The molecule has 29 heavy (non-hydrogen) atoms. The van der Waals surface area contributed by atoms with Gasteiger partial charge in [-0.15, -0.1) is 0 Å². The summed E-state index contributed by atoms with van der Waals surface area (Å²) in [6.45, 7) is 3.22. The van der Waals surface area contributed by atoms with Crippen molar-refractivity contribution >= 4 is 32.7 Å². The zero-order chi connectivity index (χ0) is 20.4. The van der Waals surface area contributed by atoms with Crippen LogP contribution >= 0.6 is 0 Å². The number of carbonyl (C=O) groups excluding carboxylic acids is 1. The second-order valence-corrected chi connectivity index (χ2v) is 9.39. The van der Waals surface area contributed by atoms with Gasteiger partial charge in [0.1, 0.15) is 5.82 Å². The Hall–Kier alpha value is -2.77. The molecule has 0 spiro atoms. The molecule has 1 amide bonds. The number of carbonyl (C=O) groups is 1. The number of anilines is 1. The molecule has 1 aliphatic heterocycles. The summed E-state index contributed by atoms with van der Waals surface area (Å²) in [7, 11) is -3.52. The highest BCUT2D eigenvalue weighted by Crippen LogP contribution is 2.24. The van der Waals surface area contributed by atoms with Crippen molar-refractivity contribution in [2.75, 3.05) is 18.4 Å². The second kappa shape index (κ2) is 7.93. The molecule has 3 aromatic rings. The van der Waals surface area contributed by atoms with Gasteiger partial charge in [0, 0.05) is 24.0 Å². The minimum Gasteiger partial charge on any atom is -0.307 e. The van der Waals surface area contributed by atoms with Gasteiger partial charge in [0.25, 0.3) is 5.91 Å². The maximum Gasteiger partial charge on any atom is 0.256 e. The Morgan fingerprint density at radius 3 is 2.41 bits per heavy atom. The van der Waals surface area contributed by atoms with Crippen LogP contribution in [-0.4, -0.2) is 36.7 Å². The smallest absolute Gasteiger partial charge is 0.256 e. The molecule has 0 bridgehead atoms. The van der Waals surface area contributed by atoms with E-state index in [4.69, 9.17) is 0 Å². The summed E-state index contributed by atoms with van der Waals surface area (Å²) in [4.78, 5) is 17.2. The fourth-order valence-electron chi connectivity index (χ4n) is 3.48. The molecule has 1 fully saturated rings. The van der Waals surface area contributed by atoms with Crippen molar-refractivity contribution in [1.82, 2.24) is 9.29 Å². The first-order chi connectivity index (χ1) is 13.9. The van der Waals surface area contributed by atoms with Crippen LogP contribution in [-0.2, 0) is 10.0 Å². The fourth-order valence-corrected chi connectivity index (χ4v) is 4.95. The molecule has 0 aliphatic carbocycles. The predicted molar refractivity (Wildman–Crippen MR) is 113 cm³/mol. The predicted octanol–water partition coefficient (Wildman–Crippen LogP) is 3.91. The van der Waals surface area contributed by atoms with Crippen LogP contribution in [0.2, 0.25) is 0 Å². The zero-order valence-corrected chi connectivity index (χ0v) is 17.0. The number of benzene rings is 2. The zero-order valence-electron chi connectivity index (χ0n) is 16.2. The Labute approximate surface area is 170 Å². The summed E-state index contributed by atoms with van der Waals surface area (Å²) in [5.41, 5.74) is 1.17. The molecule has 0 unspecified atom stereocenters. The summed E-state index contributed by atoms with van der Waals surface area (Å²) in [6.07, 6.45) is 1.75. The molecule has 2 heterocycles. The molecule has 6 nitrogen and oxygen atoms in total. The Morgan fingerprint density at radius 2 is 1.69 bits per heavy atom. The molecule has 1 aliphatic rings. The van der Waals surface area contributed by atoms with Crippen molar-refractivity contribution in [1.29, 1.82) is 0 Å². The lowest BCUT2D eigenvalue weighted by Gasteiger charge is -2.29. The summed E-state index contributed by atoms with van der Waals surface area (Å²) < 4.78 is 27.1. The average molecular weight is 410 g/mol. The van der Waals surface area contributed by atoms with Crippen LogP contribution in [0.25, 0.3) is 10.9 Å². The number of hydrogen-bond acceptors (Lipinski definition) is 4. The van der Waals surface area contributed by atoms with E-state index in [2.05, 4.69) is 17.2 Å². The van der Waals surface area contributed by atoms with Crippen LogP contribution in [0.1, 0.15) is 30.1 Å². The standard InChI is InChI=1S/C22H23N3O3S/c1-16-12-14-25(15-13-16)29(27,28)19-9-6-18(7-10-19)22(26)24-21-11-8-17-4-2-3-5-20(17)23-21/h2-11,16H,12-15H2,1H3,(H,23,24,26). The Bertz CT molecular complexity index is 1140. The van der Waals surface area contributed by atoms with Crippen LogP contribution in [0, 0.1) is 5.92 Å². The van der Waals surface area contributed by atoms with Gasteiger partial charge in [-0.2, -0.15) is 4.31 Å². The van der Waals surface area contributed by atoms with E-state index in [9.17, 15) is 13.2 Å². The first-order valence-electron chi connectivity index (χ1n) is 9.71. The van der Waals surface area contributed by atoms with Crippen LogP contribution in [0.15, 0.2) is 65.6 Å².